The molecule has 3 aromatic heterocycles. The molecule has 6 rings (SSSR count). The predicted molar refractivity (Wildman–Crippen MR) is 120 cm³/mol. The van der Waals surface area contributed by atoms with E-state index in [0.29, 0.717) is 28.8 Å². The average Bonchev–Trinajstić information content (AvgIpc) is 3.39. The normalized spacial score (nSPS) is 21.1. The van der Waals surface area contributed by atoms with Crippen LogP contribution in [0.1, 0.15) is 32.7 Å². The first kappa shape index (κ1) is 18.1. The van der Waals surface area contributed by atoms with Crippen LogP contribution in [0, 0.1) is 11.8 Å². The van der Waals surface area contributed by atoms with Gasteiger partial charge in [0, 0.05) is 11.5 Å². The highest BCUT2D eigenvalue weighted by molar-refractivity contribution is 5.99. The van der Waals surface area contributed by atoms with E-state index in [1.54, 1.807) is 0 Å². The summed E-state index contributed by atoms with van der Waals surface area (Å²) in [7, 11) is 0. The molecule has 2 aliphatic carbocycles. The van der Waals surface area contributed by atoms with Crippen LogP contribution in [0.3, 0.4) is 0 Å². The number of fused-ring (bicyclic) bond motifs is 3. The number of allylic oxidation sites excluding steroid dienone is 4. The van der Waals surface area contributed by atoms with Crippen molar-refractivity contribution in [2.24, 2.45) is 11.8 Å². The van der Waals surface area contributed by atoms with Gasteiger partial charge in [-0.1, -0.05) is 23.3 Å². The van der Waals surface area contributed by atoms with Crippen molar-refractivity contribution in [3.63, 3.8) is 0 Å². The number of hydrogen-bond acceptors (Lipinski definition) is 7. The van der Waals surface area contributed by atoms with Gasteiger partial charge >= 0.3 is 0 Å². The fourth-order valence-corrected chi connectivity index (χ4v) is 5.04. The van der Waals surface area contributed by atoms with Crippen molar-refractivity contribution in [3.8, 4) is 11.3 Å². The molecule has 0 saturated heterocycles. The highest BCUT2D eigenvalue weighted by Crippen LogP contribution is 2.47. The first-order valence-electron chi connectivity index (χ1n) is 10.5. The topological polar surface area (TPSA) is 122 Å². The van der Waals surface area contributed by atoms with Gasteiger partial charge < -0.3 is 15.9 Å². The summed E-state index contributed by atoms with van der Waals surface area (Å²) >= 11 is 0. The molecule has 4 aromatic rings. The van der Waals surface area contributed by atoms with Gasteiger partial charge in [0.25, 0.3) is 6.01 Å². The molecule has 0 spiro atoms. The van der Waals surface area contributed by atoms with Crippen LogP contribution < -0.4 is 11.5 Å². The molecular weight excluding hydrogens is 390 g/mol. The molecule has 0 saturated carbocycles. The van der Waals surface area contributed by atoms with E-state index in [1.165, 1.54) is 23.9 Å². The zero-order valence-corrected chi connectivity index (χ0v) is 17.4. The van der Waals surface area contributed by atoms with Crippen LogP contribution >= 0.6 is 0 Å². The summed E-state index contributed by atoms with van der Waals surface area (Å²) in [5.74, 6) is 1.69. The van der Waals surface area contributed by atoms with Crippen LogP contribution in [-0.4, -0.2) is 24.7 Å². The van der Waals surface area contributed by atoms with Crippen molar-refractivity contribution in [1.29, 1.82) is 0 Å². The van der Waals surface area contributed by atoms with Gasteiger partial charge in [-0.3, -0.25) is 0 Å². The summed E-state index contributed by atoms with van der Waals surface area (Å²) in [4.78, 5) is 13.0. The smallest absolute Gasteiger partial charge is 0.292 e. The number of aromatic nitrogens is 5. The van der Waals surface area contributed by atoms with Crippen LogP contribution in [0.2, 0.25) is 0 Å². The minimum atomic E-state index is 0.137. The van der Waals surface area contributed by atoms with Crippen molar-refractivity contribution in [1.82, 2.24) is 24.7 Å². The number of nitrogens with zero attached hydrogens (tertiary/aromatic N) is 5. The number of benzene rings is 1. The number of rotatable bonds is 4. The molecule has 8 heteroatoms. The number of oxazole rings is 1. The SMILES string of the molecule is CC1=CC2C(CC(C)n3nc(-c4ccc5oc(N)nc5c4)c4c(N)ncnc43)=CC2C1. The first-order chi connectivity index (χ1) is 15.0. The van der Waals surface area contributed by atoms with E-state index in [2.05, 4.69) is 41.0 Å². The number of nitrogens with two attached hydrogens (primary N) is 2. The van der Waals surface area contributed by atoms with E-state index in [9.17, 15) is 0 Å². The lowest BCUT2D eigenvalue weighted by Gasteiger charge is -2.32. The first-order valence-corrected chi connectivity index (χ1v) is 10.5. The van der Waals surface area contributed by atoms with Gasteiger partial charge in [-0.05, 0) is 50.8 Å². The van der Waals surface area contributed by atoms with Crippen molar-refractivity contribution in [2.45, 2.75) is 32.7 Å². The van der Waals surface area contributed by atoms with Crippen LogP contribution in [0.4, 0.5) is 11.8 Å². The van der Waals surface area contributed by atoms with E-state index in [0.717, 1.165) is 28.7 Å². The van der Waals surface area contributed by atoms with Gasteiger partial charge in [-0.2, -0.15) is 10.1 Å². The Morgan fingerprint density at radius 1 is 1.23 bits per heavy atom. The lowest BCUT2D eigenvalue weighted by atomic mass is 9.74. The molecule has 0 radical (unpaired) electrons. The molecule has 0 amide bonds. The quantitative estimate of drug-likeness (QED) is 0.479. The number of anilines is 2. The summed E-state index contributed by atoms with van der Waals surface area (Å²) in [6.07, 6.45) is 8.46. The van der Waals surface area contributed by atoms with E-state index in [1.807, 2.05) is 22.9 Å². The third kappa shape index (κ3) is 2.74. The van der Waals surface area contributed by atoms with Crippen molar-refractivity contribution in [3.05, 3.63) is 47.8 Å². The molecule has 3 heterocycles. The molecule has 8 nitrogen and oxygen atoms in total. The van der Waals surface area contributed by atoms with Gasteiger partial charge in [0.1, 0.15) is 23.4 Å². The zero-order chi connectivity index (χ0) is 21.3. The second-order valence-corrected chi connectivity index (χ2v) is 8.69. The lowest BCUT2D eigenvalue weighted by Crippen LogP contribution is -2.22. The predicted octanol–water partition coefficient (Wildman–Crippen LogP) is 4.27. The number of hydrogen-bond donors (Lipinski definition) is 2. The van der Waals surface area contributed by atoms with Gasteiger partial charge in [-0.15, -0.1) is 0 Å². The largest absolute Gasteiger partial charge is 0.424 e. The van der Waals surface area contributed by atoms with Crippen LogP contribution in [0.15, 0.2) is 52.2 Å². The molecule has 1 aromatic carbocycles. The third-order valence-electron chi connectivity index (χ3n) is 6.48. The molecule has 3 atom stereocenters. The summed E-state index contributed by atoms with van der Waals surface area (Å²) in [6, 6.07) is 5.96. The minimum Gasteiger partial charge on any atom is -0.424 e. The second-order valence-electron chi connectivity index (χ2n) is 8.69. The van der Waals surface area contributed by atoms with Crippen molar-refractivity contribution < 1.29 is 4.42 Å². The summed E-state index contributed by atoms with van der Waals surface area (Å²) in [5, 5.41) is 5.70. The van der Waals surface area contributed by atoms with Crippen LogP contribution in [0.25, 0.3) is 33.4 Å². The third-order valence-corrected chi connectivity index (χ3v) is 6.48. The fourth-order valence-electron chi connectivity index (χ4n) is 5.04. The highest BCUT2D eigenvalue weighted by atomic mass is 16.4. The minimum absolute atomic E-state index is 0.137. The Balaban J connectivity index is 1.42. The summed E-state index contributed by atoms with van der Waals surface area (Å²) in [5.41, 5.74) is 18.6. The highest BCUT2D eigenvalue weighted by Gasteiger charge is 2.35. The van der Waals surface area contributed by atoms with Crippen LogP contribution in [-0.2, 0) is 0 Å². The molecule has 4 N–H and O–H groups in total. The Bertz CT molecular complexity index is 1410. The van der Waals surface area contributed by atoms with Gasteiger partial charge in [0.05, 0.1) is 11.4 Å². The monoisotopic (exact) mass is 413 g/mol. The molecule has 3 unspecified atom stereocenters. The molecule has 31 heavy (non-hydrogen) atoms. The summed E-state index contributed by atoms with van der Waals surface area (Å²) < 4.78 is 7.37. The maximum Gasteiger partial charge on any atom is 0.292 e. The summed E-state index contributed by atoms with van der Waals surface area (Å²) in [6.45, 7) is 4.40. The Labute approximate surface area is 178 Å². The molecule has 0 bridgehead atoms. The van der Waals surface area contributed by atoms with Crippen LogP contribution in [0.5, 0.6) is 0 Å². The maximum absolute atomic E-state index is 6.27. The molecule has 0 aliphatic heterocycles. The zero-order valence-electron chi connectivity index (χ0n) is 17.4. The number of nitrogen functional groups attached to an aromatic ring is 2. The van der Waals surface area contributed by atoms with Gasteiger partial charge in [-0.25, -0.2) is 14.6 Å². The Kier molecular flexibility index (Phi) is 3.74. The van der Waals surface area contributed by atoms with E-state index in [4.69, 9.17) is 21.0 Å². The van der Waals surface area contributed by atoms with Gasteiger partial charge in [0.15, 0.2) is 11.2 Å². The molecule has 2 aliphatic rings. The fraction of sp³-hybridized carbons (Fsp3) is 0.304. The Morgan fingerprint density at radius 2 is 2.10 bits per heavy atom. The standard InChI is InChI=1S/C23H23N7O/c1-11-5-14-8-15(16(14)6-11)7-12(2)30-22-19(21(24)26-10-27-22)20(29-30)13-3-4-18-17(9-13)28-23(25)31-18/h3-4,6,8-10,12,14,16H,5,7H2,1-2H3,(H2,25,28)(H2,24,26,27). The van der Waals surface area contributed by atoms with E-state index in [-0.39, 0.29) is 12.1 Å². The average molecular weight is 413 g/mol. The van der Waals surface area contributed by atoms with Gasteiger partial charge in [0.2, 0.25) is 0 Å². The molecule has 156 valence electrons. The molecular formula is C23H23N7O. The van der Waals surface area contributed by atoms with Crippen molar-refractivity contribution >= 4 is 34.0 Å². The second kappa shape index (κ2) is 6.41. The Hall–Kier alpha value is -3.68. The van der Waals surface area contributed by atoms with Crippen molar-refractivity contribution in [2.75, 3.05) is 11.5 Å². The maximum atomic E-state index is 6.27. The van der Waals surface area contributed by atoms with E-state index < -0.39 is 0 Å². The lowest BCUT2D eigenvalue weighted by molar-refractivity contribution is 0.424. The molecule has 0 fully saturated rings. The van der Waals surface area contributed by atoms with E-state index >= 15 is 0 Å². The Morgan fingerprint density at radius 3 is 2.94 bits per heavy atom.